The maximum absolute atomic E-state index is 6.34. The van der Waals surface area contributed by atoms with Crippen LogP contribution < -0.4 is 0 Å². The van der Waals surface area contributed by atoms with Crippen molar-refractivity contribution < 1.29 is 0 Å². The molecule has 4 aliphatic rings. The molecule has 4 rings (SSSR count). The molecule has 0 aromatic carbocycles. The van der Waals surface area contributed by atoms with Crippen molar-refractivity contribution in [2.45, 2.75) is 45.3 Å². The topological polar surface area (TPSA) is 0 Å². The predicted octanol–water partition coefficient (Wildman–Crippen LogP) is 3.04. The minimum atomic E-state index is 0.530. The summed E-state index contributed by atoms with van der Waals surface area (Å²) in [4.78, 5) is 0. The summed E-state index contributed by atoms with van der Waals surface area (Å²) in [6.45, 7) is 4.92. The van der Waals surface area contributed by atoms with Gasteiger partial charge in [-0.25, -0.2) is 0 Å². The second kappa shape index (κ2) is 2.35. The summed E-state index contributed by atoms with van der Waals surface area (Å²) < 4.78 is 0. The van der Waals surface area contributed by atoms with Crippen molar-refractivity contribution in [1.82, 2.24) is 0 Å². The maximum atomic E-state index is 6.34. The Balaban J connectivity index is 1.99. The van der Waals surface area contributed by atoms with Crippen LogP contribution in [0.25, 0.3) is 0 Å². The first-order chi connectivity index (χ1) is 6.09. The summed E-state index contributed by atoms with van der Waals surface area (Å²) in [5.41, 5.74) is 0.548. The van der Waals surface area contributed by atoms with Crippen LogP contribution in [0.1, 0.15) is 39.5 Å². The minimum absolute atomic E-state index is 0.530. The molecule has 4 aliphatic carbocycles. The summed E-state index contributed by atoms with van der Waals surface area (Å²) in [5, 5.41) is 0. The van der Waals surface area contributed by atoms with Crippen molar-refractivity contribution >= 4 is 7.85 Å². The van der Waals surface area contributed by atoms with Crippen LogP contribution in [0.5, 0.6) is 0 Å². The summed E-state index contributed by atoms with van der Waals surface area (Å²) in [6.07, 6.45) is 5.82. The van der Waals surface area contributed by atoms with E-state index in [0.717, 1.165) is 23.7 Å². The third-order valence-electron chi connectivity index (χ3n) is 5.45. The largest absolute Gasteiger partial charge is 0.0713 e. The zero-order valence-corrected chi connectivity index (χ0v) is 8.79. The Labute approximate surface area is 82.9 Å². The molecule has 4 bridgehead atoms. The van der Waals surface area contributed by atoms with E-state index in [9.17, 15) is 0 Å². The number of rotatable bonds is 0. The summed E-state index contributed by atoms with van der Waals surface area (Å²) in [7, 11) is 6.34. The van der Waals surface area contributed by atoms with Crippen molar-refractivity contribution in [1.29, 1.82) is 0 Å². The normalized spacial score (nSPS) is 56.9. The molecule has 70 valence electrons. The van der Waals surface area contributed by atoms with Crippen LogP contribution in [0.3, 0.4) is 0 Å². The van der Waals surface area contributed by atoms with Gasteiger partial charge in [-0.1, -0.05) is 19.7 Å². The maximum Gasteiger partial charge on any atom is 0.0707 e. The molecule has 0 heterocycles. The Morgan fingerprint density at radius 3 is 2.62 bits per heavy atom. The van der Waals surface area contributed by atoms with E-state index in [-0.39, 0.29) is 0 Å². The second-order valence-corrected chi connectivity index (χ2v) is 6.27. The average molecular weight is 174 g/mol. The number of hydrogen-bond acceptors (Lipinski definition) is 0. The highest BCUT2D eigenvalue weighted by molar-refractivity contribution is 6.12. The van der Waals surface area contributed by atoms with Gasteiger partial charge in [0.2, 0.25) is 0 Å². The molecule has 2 radical (unpaired) electrons. The fourth-order valence-electron chi connectivity index (χ4n) is 4.55. The van der Waals surface area contributed by atoms with Gasteiger partial charge in [0, 0.05) is 0 Å². The molecule has 0 nitrogen and oxygen atoms in total. The van der Waals surface area contributed by atoms with Crippen LogP contribution >= 0.6 is 0 Å². The summed E-state index contributed by atoms with van der Waals surface area (Å²) in [6, 6.07) is 0. The van der Waals surface area contributed by atoms with Crippen LogP contribution in [0, 0.1) is 29.1 Å². The molecule has 0 aliphatic heterocycles. The molecule has 0 N–H and O–H groups in total. The molecule has 0 aromatic heterocycles. The van der Waals surface area contributed by atoms with Crippen molar-refractivity contribution in [3.05, 3.63) is 0 Å². The van der Waals surface area contributed by atoms with E-state index in [1.807, 2.05) is 0 Å². The molecule has 0 saturated heterocycles. The fourth-order valence-corrected chi connectivity index (χ4v) is 4.55. The molecule has 4 fully saturated rings. The quantitative estimate of drug-likeness (QED) is 0.495. The lowest BCUT2D eigenvalue weighted by Gasteiger charge is -2.62. The third kappa shape index (κ3) is 0.940. The van der Waals surface area contributed by atoms with Gasteiger partial charge in [0.1, 0.15) is 0 Å². The van der Waals surface area contributed by atoms with Gasteiger partial charge in [0.15, 0.2) is 0 Å². The molecule has 13 heavy (non-hydrogen) atoms. The van der Waals surface area contributed by atoms with Crippen LogP contribution in [0.15, 0.2) is 0 Å². The molecule has 4 saturated carbocycles. The standard InChI is InChI=1S/C12H19B/c1-12(2)9-4-7-3-8(6-9)11(13)10(12)5-7/h7-11H,3-6H2,1-2H3. The van der Waals surface area contributed by atoms with Crippen LogP contribution in [0.2, 0.25) is 5.82 Å². The van der Waals surface area contributed by atoms with Crippen LogP contribution in [0.4, 0.5) is 0 Å². The van der Waals surface area contributed by atoms with Gasteiger partial charge < -0.3 is 0 Å². The SMILES string of the molecule is [B]C1C2CC3CC(C2)C(C)(C)C1C3. The van der Waals surface area contributed by atoms with E-state index in [0.29, 0.717) is 11.2 Å². The summed E-state index contributed by atoms with van der Waals surface area (Å²) >= 11 is 0. The molecule has 5 atom stereocenters. The Kier molecular flexibility index (Phi) is 1.52. The third-order valence-corrected chi connectivity index (χ3v) is 5.45. The lowest BCUT2D eigenvalue weighted by atomic mass is 9.40. The molecular weight excluding hydrogens is 155 g/mol. The van der Waals surface area contributed by atoms with E-state index in [4.69, 9.17) is 7.85 Å². The van der Waals surface area contributed by atoms with Crippen molar-refractivity contribution in [2.24, 2.45) is 29.1 Å². The van der Waals surface area contributed by atoms with E-state index in [1.165, 1.54) is 25.7 Å². The van der Waals surface area contributed by atoms with Crippen molar-refractivity contribution in [2.75, 3.05) is 0 Å². The van der Waals surface area contributed by atoms with E-state index >= 15 is 0 Å². The lowest BCUT2D eigenvalue weighted by Crippen LogP contribution is -2.52. The molecule has 0 aromatic rings. The monoisotopic (exact) mass is 174 g/mol. The first kappa shape index (κ1) is 8.38. The molecule has 5 unspecified atom stereocenters. The molecule has 1 heteroatoms. The van der Waals surface area contributed by atoms with E-state index in [2.05, 4.69) is 13.8 Å². The smallest absolute Gasteiger partial charge is 0.0707 e. The van der Waals surface area contributed by atoms with Gasteiger partial charge in [-0.2, -0.15) is 0 Å². The van der Waals surface area contributed by atoms with Crippen molar-refractivity contribution in [3.8, 4) is 0 Å². The second-order valence-electron chi connectivity index (χ2n) is 6.27. The Morgan fingerprint density at radius 2 is 1.85 bits per heavy atom. The van der Waals surface area contributed by atoms with E-state index in [1.54, 1.807) is 0 Å². The Hall–Kier alpha value is 0.0649. The van der Waals surface area contributed by atoms with Gasteiger partial charge in [-0.05, 0) is 54.8 Å². The first-order valence-corrected chi connectivity index (χ1v) is 5.84. The zero-order valence-electron chi connectivity index (χ0n) is 8.79. The molecular formula is C12H19B. The fraction of sp³-hybridized carbons (Fsp3) is 1.00. The minimum Gasteiger partial charge on any atom is -0.0713 e. The molecule has 0 amide bonds. The average Bonchev–Trinajstić information content (AvgIpc) is 2.08. The van der Waals surface area contributed by atoms with Crippen molar-refractivity contribution in [3.63, 3.8) is 0 Å². The van der Waals surface area contributed by atoms with Gasteiger partial charge in [0.05, 0.1) is 7.85 Å². The van der Waals surface area contributed by atoms with Crippen LogP contribution in [-0.4, -0.2) is 7.85 Å². The van der Waals surface area contributed by atoms with Crippen LogP contribution in [-0.2, 0) is 0 Å². The highest BCUT2D eigenvalue weighted by Gasteiger charge is 2.55. The van der Waals surface area contributed by atoms with Gasteiger partial charge in [-0.15, -0.1) is 0 Å². The van der Waals surface area contributed by atoms with Gasteiger partial charge in [0.25, 0.3) is 0 Å². The highest BCUT2D eigenvalue weighted by Crippen LogP contribution is 2.65. The lowest BCUT2D eigenvalue weighted by molar-refractivity contribution is -0.0863. The Morgan fingerprint density at radius 1 is 1.08 bits per heavy atom. The zero-order chi connectivity index (χ0) is 9.22. The van der Waals surface area contributed by atoms with Gasteiger partial charge >= 0.3 is 0 Å². The van der Waals surface area contributed by atoms with E-state index < -0.39 is 0 Å². The predicted molar refractivity (Wildman–Crippen MR) is 55.7 cm³/mol. The van der Waals surface area contributed by atoms with Gasteiger partial charge in [-0.3, -0.25) is 0 Å². The number of hydrogen-bond donors (Lipinski definition) is 0. The Bertz CT molecular complexity index is 233. The highest BCUT2D eigenvalue weighted by atomic mass is 14.6. The molecule has 0 spiro atoms. The summed E-state index contributed by atoms with van der Waals surface area (Å²) in [5.74, 6) is 4.29. The first-order valence-electron chi connectivity index (χ1n) is 5.84.